The number of ether oxygens (including phenoxy) is 2. The summed E-state index contributed by atoms with van der Waals surface area (Å²) in [6.07, 6.45) is 0.506. The van der Waals surface area contributed by atoms with Gasteiger partial charge in [-0.2, -0.15) is 0 Å². The Labute approximate surface area is 149 Å². The van der Waals surface area contributed by atoms with Crippen LogP contribution in [0, 0.1) is 13.8 Å². The topological polar surface area (TPSA) is 107 Å². The third kappa shape index (κ3) is 4.36. The van der Waals surface area contributed by atoms with Crippen molar-refractivity contribution in [3.05, 3.63) is 26.8 Å². The van der Waals surface area contributed by atoms with Crippen molar-refractivity contribution >= 4 is 29.3 Å². The Morgan fingerprint density at radius 3 is 2.48 bits per heavy atom. The summed E-state index contributed by atoms with van der Waals surface area (Å²) in [4.78, 5) is 40.8. The van der Waals surface area contributed by atoms with Crippen LogP contribution in [-0.4, -0.2) is 42.2 Å². The van der Waals surface area contributed by atoms with Crippen LogP contribution in [0.2, 0.25) is 0 Å². The molecule has 1 aromatic heterocycles. The number of aryl methyl sites for hydroxylation is 2. The predicted octanol–water partition coefficient (Wildman–Crippen LogP) is 1.83. The lowest BCUT2D eigenvalue weighted by molar-refractivity contribution is -0.139. The number of thiazole rings is 1. The van der Waals surface area contributed by atoms with E-state index in [-0.39, 0.29) is 24.5 Å². The molecule has 25 heavy (non-hydrogen) atoms. The zero-order valence-corrected chi connectivity index (χ0v) is 15.4. The summed E-state index contributed by atoms with van der Waals surface area (Å²) < 4.78 is 10.3. The Kier molecular flexibility index (Phi) is 6.13. The van der Waals surface area contributed by atoms with E-state index in [0.29, 0.717) is 17.0 Å². The minimum absolute atomic E-state index is 0.207. The largest absolute Gasteiger partial charge is 0.463 e. The molecule has 136 valence electrons. The molecule has 2 amide bonds. The van der Waals surface area contributed by atoms with Crippen LogP contribution in [0.3, 0.4) is 0 Å². The van der Waals surface area contributed by atoms with Crippen molar-refractivity contribution < 1.29 is 23.9 Å². The molecular formula is C16H21N3O5S. The van der Waals surface area contributed by atoms with Gasteiger partial charge in [0, 0.05) is 0 Å². The van der Waals surface area contributed by atoms with Gasteiger partial charge in [-0.1, -0.05) is 6.92 Å². The fourth-order valence-corrected chi connectivity index (χ4v) is 3.31. The van der Waals surface area contributed by atoms with E-state index in [4.69, 9.17) is 9.47 Å². The Morgan fingerprint density at radius 2 is 1.92 bits per heavy atom. The van der Waals surface area contributed by atoms with Gasteiger partial charge in [0.15, 0.2) is 0 Å². The fraction of sp³-hybridized carbons (Fsp3) is 0.500. The molecule has 0 bridgehead atoms. The highest BCUT2D eigenvalue weighted by Crippen LogP contribution is 2.20. The maximum atomic E-state index is 12.2. The number of hydrogen-bond acceptors (Lipinski definition) is 7. The molecule has 2 heterocycles. The molecule has 1 aliphatic rings. The molecule has 0 saturated heterocycles. The van der Waals surface area contributed by atoms with Gasteiger partial charge in [-0.3, -0.25) is 0 Å². The molecule has 0 radical (unpaired) electrons. The van der Waals surface area contributed by atoms with Crippen LogP contribution < -0.4 is 10.6 Å². The highest BCUT2D eigenvalue weighted by Gasteiger charge is 2.32. The highest BCUT2D eigenvalue weighted by atomic mass is 32.1. The maximum absolute atomic E-state index is 12.2. The van der Waals surface area contributed by atoms with Crippen LogP contribution in [0.5, 0.6) is 0 Å². The second-order valence-corrected chi connectivity index (χ2v) is 6.60. The molecular weight excluding hydrogens is 346 g/mol. The standard InChI is InChI=1S/C16H21N3O5S/c1-5-10-12(14(20)23-6-2)11(19-16(22)18-10)7-24-15(21)13-8(3)17-9(4)25-13/h10H,5-7H2,1-4H3,(H2,18,19,22)/t10-/m1/s1. The average molecular weight is 367 g/mol. The molecule has 1 aliphatic heterocycles. The molecule has 0 aromatic carbocycles. The Hall–Kier alpha value is -2.42. The molecule has 0 unspecified atom stereocenters. The van der Waals surface area contributed by atoms with Gasteiger partial charge in [0.05, 0.1) is 34.6 Å². The van der Waals surface area contributed by atoms with Crippen molar-refractivity contribution in [3.63, 3.8) is 0 Å². The van der Waals surface area contributed by atoms with Crippen LogP contribution in [-0.2, 0) is 14.3 Å². The van der Waals surface area contributed by atoms with Crippen LogP contribution >= 0.6 is 11.3 Å². The number of nitrogens with one attached hydrogen (secondary N) is 2. The lowest BCUT2D eigenvalue weighted by Crippen LogP contribution is -2.51. The summed E-state index contributed by atoms with van der Waals surface area (Å²) in [5.74, 6) is -1.09. The summed E-state index contributed by atoms with van der Waals surface area (Å²) in [5.41, 5.74) is 1.10. The second kappa shape index (κ2) is 8.11. The highest BCUT2D eigenvalue weighted by molar-refractivity contribution is 7.13. The molecule has 0 saturated carbocycles. The number of carbonyl (C=O) groups is 3. The van der Waals surface area contributed by atoms with Gasteiger partial charge in [0.1, 0.15) is 11.5 Å². The first-order valence-electron chi connectivity index (χ1n) is 7.96. The van der Waals surface area contributed by atoms with Gasteiger partial charge in [-0.05, 0) is 27.2 Å². The van der Waals surface area contributed by atoms with Crippen LogP contribution in [0.1, 0.15) is 40.6 Å². The van der Waals surface area contributed by atoms with E-state index in [2.05, 4.69) is 15.6 Å². The number of esters is 2. The van der Waals surface area contributed by atoms with Crippen molar-refractivity contribution in [1.82, 2.24) is 15.6 Å². The summed E-state index contributed by atoms with van der Waals surface area (Å²) in [6, 6.07) is -0.940. The predicted molar refractivity (Wildman–Crippen MR) is 91.3 cm³/mol. The number of rotatable bonds is 6. The first kappa shape index (κ1) is 18.9. The zero-order valence-electron chi connectivity index (χ0n) is 14.6. The van der Waals surface area contributed by atoms with Gasteiger partial charge >= 0.3 is 18.0 Å². The SMILES string of the molecule is CCOC(=O)C1=C(COC(=O)c2sc(C)nc2C)NC(=O)N[C@@H]1CC. The number of aromatic nitrogens is 1. The molecule has 8 nitrogen and oxygen atoms in total. The number of urea groups is 1. The van der Waals surface area contributed by atoms with Gasteiger partial charge in [-0.15, -0.1) is 11.3 Å². The number of carbonyl (C=O) groups excluding carboxylic acids is 3. The number of hydrogen-bond donors (Lipinski definition) is 2. The summed E-state index contributed by atoms with van der Waals surface area (Å²) in [6.45, 7) is 7.04. The third-order valence-corrected chi connectivity index (χ3v) is 4.64. The van der Waals surface area contributed by atoms with E-state index >= 15 is 0 Å². The molecule has 2 rings (SSSR count). The molecule has 9 heteroatoms. The van der Waals surface area contributed by atoms with Crippen molar-refractivity contribution in [2.45, 2.75) is 40.2 Å². The van der Waals surface area contributed by atoms with Crippen LogP contribution in [0.15, 0.2) is 11.3 Å². The minimum atomic E-state index is -0.544. The normalized spacial score (nSPS) is 17.0. The quantitative estimate of drug-likeness (QED) is 0.743. The van der Waals surface area contributed by atoms with E-state index in [0.717, 1.165) is 5.01 Å². The third-order valence-electron chi connectivity index (χ3n) is 3.58. The fourth-order valence-electron chi connectivity index (χ4n) is 2.50. The van der Waals surface area contributed by atoms with Gasteiger partial charge < -0.3 is 20.1 Å². The van der Waals surface area contributed by atoms with Gasteiger partial charge in [0.25, 0.3) is 0 Å². The molecule has 0 spiro atoms. The van der Waals surface area contributed by atoms with Crippen molar-refractivity contribution in [2.75, 3.05) is 13.2 Å². The number of amides is 2. The lowest BCUT2D eigenvalue weighted by Gasteiger charge is -2.28. The Balaban J connectivity index is 2.22. The van der Waals surface area contributed by atoms with Crippen LogP contribution in [0.25, 0.3) is 0 Å². The molecule has 1 aromatic rings. The van der Waals surface area contributed by atoms with E-state index in [1.807, 2.05) is 6.92 Å². The summed E-state index contributed by atoms with van der Waals surface area (Å²) >= 11 is 1.24. The maximum Gasteiger partial charge on any atom is 0.350 e. The monoisotopic (exact) mass is 367 g/mol. The zero-order chi connectivity index (χ0) is 18.6. The summed E-state index contributed by atoms with van der Waals surface area (Å²) in [5, 5.41) is 5.96. The first-order valence-corrected chi connectivity index (χ1v) is 8.77. The smallest absolute Gasteiger partial charge is 0.350 e. The van der Waals surface area contributed by atoms with E-state index in [9.17, 15) is 14.4 Å². The first-order chi connectivity index (χ1) is 11.9. The second-order valence-electron chi connectivity index (χ2n) is 5.40. The van der Waals surface area contributed by atoms with E-state index in [1.165, 1.54) is 11.3 Å². The minimum Gasteiger partial charge on any atom is -0.463 e. The molecule has 0 aliphatic carbocycles. The van der Waals surface area contributed by atoms with E-state index < -0.39 is 24.0 Å². The summed E-state index contributed by atoms with van der Waals surface area (Å²) in [7, 11) is 0. The van der Waals surface area contributed by atoms with Gasteiger partial charge in [0.2, 0.25) is 0 Å². The van der Waals surface area contributed by atoms with Crippen molar-refractivity contribution in [2.24, 2.45) is 0 Å². The molecule has 0 fully saturated rings. The molecule has 1 atom stereocenters. The lowest BCUT2D eigenvalue weighted by atomic mass is 10.0. The van der Waals surface area contributed by atoms with Crippen molar-refractivity contribution in [3.8, 4) is 0 Å². The Morgan fingerprint density at radius 1 is 1.20 bits per heavy atom. The van der Waals surface area contributed by atoms with Crippen molar-refractivity contribution in [1.29, 1.82) is 0 Å². The molecule has 2 N–H and O–H groups in total. The van der Waals surface area contributed by atoms with Gasteiger partial charge in [-0.25, -0.2) is 19.4 Å². The van der Waals surface area contributed by atoms with E-state index in [1.54, 1.807) is 20.8 Å². The Bertz CT molecular complexity index is 725. The average Bonchev–Trinajstić information content (AvgIpc) is 2.90. The number of nitrogens with zero attached hydrogens (tertiary/aromatic N) is 1. The van der Waals surface area contributed by atoms with Crippen LogP contribution in [0.4, 0.5) is 4.79 Å².